The highest BCUT2D eigenvalue weighted by molar-refractivity contribution is 5.95. The number of benzene rings is 2. The van der Waals surface area contributed by atoms with Crippen LogP contribution in [0.3, 0.4) is 0 Å². The molecule has 1 heterocycles. The highest BCUT2D eigenvalue weighted by Gasteiger charge is 2.44. The third-order valence-electron chi connectivity index (χ3n) is 8.56. The fraction of sp³-hybridized carbons (Fsp3) is 0.514. The highest BCUT2D eigenvalue weighted by Crippen LogP contribution is 2.21. The number of likely N-dealkylation sites (tertiary alicyclic amines) is 1. The van der Waals surface area contributed by atoms with E-state index in [2.05, 4.69) is 16.0 Å². The van der Waals surface area contributed by atoms with Gasteiger partial charge in [0, 0.05) is 19.5 Å². The summed E-state index contributed by atoms with van der Waals surface area (Å²) < 4.78 is 13.4. The van der Waals surface area contributed by atoms with Crippen LogP contribution in [0.4, 0.5) is 4.39 Å². The Hall–Kier alpha value is -4.40. The molecule has 10 N–H and O–H groups in total. The maximum atomic E-state index is 13.8. The molecule has 13 nitrogen and oxygen atoms in total. The lowest BCUT2D eigenvalue weighted by atomic mass is 9.99. The quantitative estimate of drug-likeness (QED) is 0.109. The van der Waals surface area contributed by atoms with Crippen LogP contribution in [0.15, 0.2) is 54.6 Å². The van der Waals surface area contributed by atoms with Crippen LogP contribution in [0.2, 0.25) is 0 Å². The van der Waals surface area contributed by atoms with Gasteiger partial charge in [-0.25, -0.2) is 4.39 Å². The Balaban J connectivity index is 1.78. The lowest BCUT2D eigenvalue weighted by Gasteiger charge is -2.29. The van der Waals surface area contributed by atoms with Crippen molar-refractivity contribution in [1.82, 2.24) is 20.9 Å². The smallest absolute Gasteiger partial charge is 0.325 e. The van der Waals surface area contributed by atoms with E-state index in [0.717, 1.165) is 5.56 Å². The summed E-state index contributed by atoms with van der Waals surface area (Å²) in [6.07, 6.45) is 1.90. The largest absolute Gasteiger partial charge is 0.480 e. The molecule has 1 fully saturated rings. The van der Waals surface area contributed by atoms with Crippen LogP contribution >= 0.6 is 0 Å². The number of carboxylic acids is 1. The molecule has 1 aliphatic heterocycles. The van der Waals surface area contributed by atoms with Gasteiger partial charge in [0.15, 0.2) is 0 Å². The molecular weight excluding hydrogens is 633 g/mol. The summed E-state index contributed by atoms with van der Waals surface area (Å²) >= 11 is 0. The fourth-order valence-electron chi connectivity index (χ4n) is 5.72. The second kappa shape index (κ2) is 18.4. The van der Waals surface area contributed by atoms with Gasteiger partial charge in [0.05, 0.1) is 6.04 Å². The van der Waals surface area contributed by atoms with Gasteiger partial charge in [0.25, 0.3) is 0 Å². The van der Waals surface area contributed by atoms with Crippen molar-refractivity contribution in [3.63, 3.8) is 0 Å². The number of rotatable bonds is 18. The number of nitrogens with zero attached hydrogens (tertiary/aromatic N) is 1. The predicted molar refractivity (Wildman–Crippen MR) is 182 cm³/mol. The second-order valence-corrected chi connectivity index (χ2v) is 13.2. The minimum absolute atomic E-state index is 0.0410. The van der Waals surface area contributed by atoms with Gasteiger partial charge in [0.1, 0.15) is 29.5 Å². The monoisotopic (exact) mass is 683 g/mol. The normalized spacial score (nSPS) is 18.3. The van der Waals surface area contributed by atoms with Crippen LogP contribution in [0, 0.1) is 11.7 Å². The third kappa shape index (κ3) is 11.9. The minimum atomic E-state index is -1.57. The summed E-state index contributed by atoms with van der Waals surface area (Å²) in [5.74, 6) is -3.94. The van der Waals surface area contributed by atoms with Crippen LogP contribution in [-0.2, 0) is 36.8 Å². The van der Waals surface area contributed by atoms with Gasteiger partial charge in [-0.15, -0.1) is 0 Å². The van der Waals surface area contributed by atoms with Crippen molar-refractivity contribution in [3.8, 4) is 0 Å². The second-order valence-electron chi connectivity index (χ2n) is 13.2. The molecule has 0 aromatic heterocycles. The first-order chi connectivity index (χ1) is 23.2. The van der Waals surface area contributed by atoms with Crippen molar-refractivity contribution in [2.45, 2.75) is 88.5 Å². The van der Waals surface area contributed by atoms with Gasteiger partial charge in [-0.1, -0.05) is 56.3 Å². The first-order valence-corrected chi connectivity index (χ1v) is 16.7. The van der Waals surface area contributed by atoms with Gasteiger partial charge < -0.3 is 43.2 Å². The standard InChI is InChI=1S/C35H50FN7O6/c1-22(2)18-28(31(45)40-27(10-6-7-16-37)33(47)43-17-15-35(39,21-43)34(48)49)42-32(46)29(20-23-8-4-3-5-9-23)41-30(44)26(38)19-24-11-13-25(36)14-12-24/h3-5,8-9,11-14,22,26-29H,6-7,10,15-21,37-39H2,1-2H3,(H,40,45)(H,41,44)(H,42,46)(H,48,49)/t26-,27-,28-,29-,35?/m1/s1. The summed E-state index contributed by atoms with van der Waals surface area (Å²) in [5, 5.41) is 17.8. The van der Waals surface area contributed by atoms with Crippen LogP contribution in [0.25, 0.3) is 0 Å². The number of unbranched alkanes of at least 4 members (excludes halogenated alkanes) is 1. The Morgan fingerprint density at radius 3 is 2.04 bits per heavy atom. The molecule has 3 rings (SSSR count). The first kappa shape index (κ1) is 39.0. The molecule has 0 spiro atoms. The van der Waals surface area contributed by atoms with Crippen LogP contribution in [0.5, 0.6) is 0 Å². The molecule has 4 amide bonds. The summed E-state index contributed by atoms with van der Waals surface area (Å²) in [6, 6.07) is 10.4. The maximum Gasteiger partial charge on any atom is 0.325 e. The zero-order valence-corrected chi connectivity index (χ0v) is 28.2. The van der Waals surface area contributed by atoms with E-state index in [0.29, 0.717) is 24.9 Å². The van der Waals surface area contributed by atoms with Crippen LogP contribution in [-0.4, -0.2) is 88.9 Å². The number of halogens is 1. The molecule has 49 heavy (non-hydrogen) atoms. The van der Waals surface area contributed by atoms with Crippen molar-refractivity contribution in [2.75, 3.05) is 19.6 Å². The molecular formula is C35H50FN7O6. The molecule has 0 radical (unpaired) electrons. The summed E-state index contributed by atoms with van der Waals surface area (Å²) in [5.41, 5.74) is 17.7. The van der Waals surface area contributed by atoms with E-state index in [4.69, 9.17) is 17.2 Å². The van der Waals surface area contributed by atoms with E-state index < -0.39 is 65.1 Å². The molecule has 1 unspecified atom stereocenters. The molecule has 1 saturated heterocycles. The molecule has 2 aromatic carbocycles. The van der Waals surface area contributed by atoms with Crippen molar-refractivity contribution in [3.05, 3.63) is 71.5 Å². The topological polar surface area (TPSA) is 223 Å². The number of aliphatic carboxylic acids is 1. The lowest BCUT2D eigenvalue weighted by Crippen LogP contribution is -2.59. The molecule has 0 bridgehead atoms. The van der Waals surface area contributed by atoms with Gasteiger partial charge in [-0.05, 0) is 74.2 Å². The van der Waals surface area contributed by atoms with Gasteiger partial charge in [-0.2, -0.15) is 0 Å². The number of carbonyl (C=O) groups is 5. The molecule has 14 heteroatoms. The average Bonchev–Trinajstić information content (AvgIpc) is 3.48. The number of amides is 4. The Bertz CT molecular complexity index is 1430. The first-order valence-electron chi connectivity index (χ1n) is 16.7. The summed E-state index contributed by atoms with van der Waals surface area (Å²) in [7, 11) is 0. The number of carboxylic acid groups (broad SMARTS) is 1. The molecule has 0 aliphatic carbocycles. The Kier molecular flexibility index (Phi) is 14.7. The highest BCUT2D eigenvalue weighted by atomic mass is 19.1. The predicted octanol–water partition coefficient (Wildman–Crippen LogP) is 0.582. The van der Waals surface area contributed by atoms with E-state index in [1.165, 1.54) is 29.2 Å². The maximum absolute atomic E-state index is 13.8. The number of hydrogen-bond donors (Lipinski definition) is 7. The van der Waals surface area contributed by atoms with E-state index >= 15 is 0 Å². The number of nitrogens with two attached hydrogens (primary N) is 3. The van der Waals surface area contributed by atoms with Crippen molar-refractivity contribution in [2.24, 2.45) is 23.1 Å². The van der Waals surface area contributed by atoms with Gasteiger partial charge in [0.2, 0.25) is 23.6 Å². The van der Waals surface area contributed by atoms with Crippen molar-refractivity contribution < 1.29 is 33.5 Å². The Morgan fingerprint density at radius 1 is 0.857 bits per heavy atom. The average molecular weight is 684 g/mol. The summed E-state index contributed by atoms with van der Waals surface area (Å²) in [6.45, 7) is 4.08. The fourth-order valence-corrected chi connectivity index (χ4v) is 5.72. The van der Waals surface area contributed by atoms with E-state index in [1.54, 1.807) is 24.3 Å². The lowest BCUT2D eigenvalue weighted by molar-refractivity contribution is -0.143. The minimum Gasteiger partial charge on any atom is -0.480 e. The number of carbonyl (C=O) groups excluding carboxylic acids is 4. The van der Waals surface area contributed by atoms with E-state index in [-0.39, 0.29) is 51.1 Å². The zero-order chi connectivity index (χ0) is 36.1. The van der Waals surface area contributed by atoms with Gasteiger partial charge >= 0.3 is 5.97 Å². The SMILES string of the molecule is CC(C)C[C@@H](NC(=O)[C@@H](Cc1ccccc1)NC(=O)[C@H](N)Cc1ccc(F)cc1)C(=O)N[C@H](CCCCN)C(=O)N1CCC(N)(C(=O)O)C1. The van der Waals surface area contributed by atoms with Crippen molar-refractivity contribution in [1.29, 1.82) is 0 Å². The van der Waals surface area contributed by atoms with E-state index in [1.807, 2.05) is 19.9 Å². The van der Waals surface area contributed by atoms with Crippen molar-refractivity contribution >= 4 is 29.6 Å². The zero-order valence-electron chi connectivity index (χ0n) is 28.2. The Labute approximate surface area is 286 Å². The molecule has 268 valence electrons. The number of nitrogens with one attached hydrogen (secondary N) is 3. The van der Waals surface area contributed by atoms with Gasteiger partial charge in [-0.3, -0.25) is 24.0 Å². The van der Waals surface area contributed by atoms with E-state index in [9.17, 15) is 33.5 Å². The third-order valence-corrected chi connectivity index (χ3v) is 8.56. The molecule has 5 atom stereocenters. The van der Waals surface area contributed by atoms with Crippen LogP contribution < -0.4 is 33.2 Å². The Morgan fingerprint density at radius 2 is 1.45 bits per heavy atom. The van der Waals surface area contributed by atoms with Crippen LogP contribution in [0.1, 0.15) is 57.1 Å². The summed E-state index contributed by atoms with van der Waals surface area (Å²) in [4.78, 5) is 67.4. The number of hydrogen-bond acceptors (Lipinski definition) is 8. The molecule has 0 saturated carbocycles. The molecule has 2 aromatic rings. The molecule has 1 aliphatic rings.